The van der Waals surface area contributed by atoms with E-state index in [9.17, 15) is 18.3 Å². The van der Waals surface area contributed by atoms with Crippen molar-refractivity contribution in [3.63, 3.8) is 0 Å². The van der Waals surface area contributed by atoms with E-state index in [1.54, 1.807) is 6.92 Å². The number of benzene rings is 1. The highest BCUT2D eigenvalue weighted by Gasteiger charge is 2.50. The summed E-state index contributed by atoms with van der Waals surface area (Å²) in [5.74, 6) is 0. The van der Waals surface area contributed by atoms with Crippen LogP contribution in [0.4, 0.5) is 4.79 Å². The summed E-state index contributed by atoms with van der Waals surface area (Å²) >= 11 is 6.78. The second-order valence-corrected chi connectivity index (χ2v) is 7.73. The third kappa shape index (κ3) is 2.31. The zero-order chi connectivity index (χ0) is 15.3. The molecular weight excluding hydrogens is 324 g/mol. The topological polar surface area (TPSA) is 101 Å². The van der Waals surface area contributed by atoms with Gasteiger partial charge in [-0.05, 0) is 19.1 Å². The van der Waals surface area contributed by atoms with Crippen LogP contribution in [0.1, 0.15) is 12.5 Å². The largest absolute Gasteiger partial charge is 0.366 e. The highest BCUT2D eigenvalue weighted by atomic mass is 35.5. The van der Waals surface area contributed by atoms with Crippen LogP contribution in [0.2, 0.25) is 5.02 Å². The van der Waals surface area contributed by atoms with Gasteiger partial charge in [0.25, 0.3) is 5.24 Å². The second-order valence-electron chi connectivity index (χ2n) is 4.50. The molecule has 2 rings (SSSR count). The highest BCUT2D eigenvalue weighted by molar-refractivity contribution is 8.14. The van der Waals surface area contributed by atoms with Gasteiger partial charge in [0.05, 0.1) is 10.3 Å². The van der Waals surface area contributed by atoms with Crippen molar-refractivity contribution in [2.75, 3.05) is 7.05 Å². The lowest BCUT2D eigenvalue weighted by Gasteiger charge is -2.33. The van der Waals surface area contributed by atoms with Crippen LogP contribution in [0.25, 0.3) is 0 Å². The fourth-order valence-corrected chi connectivity index (χ4v) is 4.23. The minimum atomic E-state index is -4.01. The SMILES string of the molecule is CC1SC(=O)N(C)C1(O)c1ccc(Cl)c(S(N)(=O)=O)c1. The minimum absolute atomic E-state index is 0.0351. The Morgan fingerprint density at radius 1 is 1.50 bits per heavy atom. The maximum Gasteiger partial charge on any atom is 0.284 e. The first-order valence-corrected chi connectivity index (χ1v) is 8.38. The van der Waals surface area contributed by atoms with Crippen molar-refractivity contribution in [1.82, 2.24) is 4.90 Å². The second kappa shape index (κ2) is 4.88. The van der Waals surface area contributed by atoms with Gasteiger partial charge in [0.1, 0.15) is 4.90 Å². The van der Waals surface area contributed by atoms with Gasteiger partial charge in [-0.15, -0.1) is 0 Å². The van der Waals surface area contributed by atoms with E-state index in [0.29, 0.717) is 0 Å². The van der Waals surface area contributed by atoms with Crippen molar-refractivity contribution in [3.8, 4) is 0 Å². The Hall–Kier alpha value is -0.800. The van der Waals surface area contributed by atoms with Crippen LogP contribution in [0.15, 0.2) is 23.1 Å². The minimum Gasteiger partial charge on any atom is -0.366 e. The van der Waals surface area contributed by atoms with Gasteiger partial charge >= 0.3 is 0 Å². The molecule has 0 aliphatic carbocycles. The Labute approximate surface area is 125 Å². The number of carbonyl (C=O) groups is 1. The van der Waals surface area contributed by atoms with Crippen LogP contribution >= 0.6 is 23.4 Å². The molecule has 0 saturated carbocycles. The van der Waals surface area contributed by atoms with Gasteiger partial charge in [-0.1, -0.05) is 29.4 Å². The molecule has 1 amide bonds. The third-order valence-electron chi connectivity index (χ3n) is 3.29. The van der Waals surface area contributed by atoms with Crippen LogP contribution in [0.5, 0.6) is 0 Å². The normalized spacial score (nSPS) is 27.1. The summed E-state index contributed by atoms with van der Waals surface area (Å²) in [6.45, 7) is 1.68. The molecule has 2 atom stereocenters. The number of hydrogen-bond donors (Lipinski definition) is 2. The van der Waals surface area contributed by atoms with Crippen molar-refractivity contribution in [2.24, 2.45) is 5.14 Å². The molecule has 110 valence electrons. The van der Waals surface area contributed by atoms with Gasteiger partial charge in [-0.3, -0.25) is 4.79 Å². The van der Waals surface area contributed by atoms with E-state index >= 15 is 0 Å². The van der Waals surface area contributed by atoms with E-state index in [1.165, 1.54) is 30.1 Å². The fourth-order valence-electron chi connectivity index (χ4n) is 2.10. The summed E-state index contributed by atoms with van der Waals surface area (Å²) in [5.41, 5.74) is -1.36. The van der Waals surface area contributed by atoms with Crippen molar-refractivity contribution >= 4 is 38.6 Å². The van der Waals surface area contributed by atoms with Gasteiger partial charge in [0.15, 0.2) is 5.72 Å². The number of nitrogens with two attached hydrogens (primary N) is 1. The average Bonchev–Trinajstić information content (AvgIpc) is 2.53. The monoisotopic (exact) mass is 336 g/mol. The summed E-state index contributed by atoms with van der Waals surface area (Å²) in [4.78, 5) is 12.6. The number of sulfonamides is 1. The van der Waals surface area contributed by atoms with E-state index in [2.05, 4.69) is 0 Å². The van der Waals surface area contributed by atoms with Gasteiger partial charge in [-0.2, -0.15) is 0 Å². The molecular formula is C11H13ClN2O4S2. The number of nitrogens with zero attached hydrogens (tertiary/aromatic N) is 1. The highest BCUT2D eigenvalue weighted by Crippen LogP contribution is 2.44. The van der Waals surface area contributed by atoms with Crippen molar-refractivity contribution in [1.29, 1.82) is 0 Å². The Morgan fingerprint density at radius 3 is 2.55 bits per heavy atom. The lowest BCUT2D eigenvalue weighted by atomic mass is 9.99. The third-order valence-corrected chi connectivity index (χ3v) is 5.84. The molecule has 1 saturated heterocycles. The molecule has 1 aromatic rings. The van der Waals surface area contributed by atoms with Crippen LogP contribution in [0.3, 0.4) is 0 Å². The van der Waals surface area contributed by atoms with Gasteiger partial charge < -0.3 is 10.0 Å². The summed E-state index contributed by atoms with van der Waals surface area (Å²) in [5, 5.41) is 15.0. The molecule has 1 fully saturated rings. The van der Waals surface area contributed by atoms with Crippen molar-refractivity contribution in [2.45, 2.75) is 22.8 Å². The first-order chi connectivity index (χ1) is 9.08. The Morgan fingerprint density at radius 2 is 2.10 bits per heavy atom. The fraction of sp³-hybridized carbons (Fsp3) is 0.364. The van der Waals surface area contributed by atoms with Crippen molar-refractivity contribution < 1.29 is 18.3 Å². The van der Waals surface area contributed by atoms with E-state index in [4.69, 9.17) is 16.7 Å². The van der Waals surface area contributed by atoms with Crippen molar-refractivity contribution in [3.05, 3.63) is 28.8 Å². The van der Waals surface area contributed by atoms with E-state index in [-0.39, 0.29) is 20.7 Å². The Bertz CT molecular complexity index is 679. The molecule has 0 aromatic heterocycles. The number of halogens is 1. The molecule has 1 aromatic carbocycles. The van der Waals surface area contributed by atoms with Crippen LogP contribution in [0, 0.1) is 0 Å². The molecule has 0 radical (unpaired) electrons. The number of hydrogen-bond acceptors (Lipinski definition) is 5. The predicted molar refractivity (Wildman–Crippen MR) is 76.9 cm³/mol. The predicted octanol–water partition coefficient (Wildman–Crippen LogP) is 1.32. The Kier molecular flexibility index (Phi) is 3.81. The van der Waals surface area contributed by atoms with Gasteiger partial charge in [0.2, 0.25) is 10.0 Å². The molecule has 0 spiro atoms. The van der Waals surface area contributed by atoms with Gasteiger partial charge in [0, 0.05) is 12.6 Å². The maximum atomic E-state index is 11.7. The van der Waals surface area contributed by atoms with Crippen LogP contribution < -0.4 is 5.14 Å². The number of primary sulfonamides is 1. The lowest BCUT2D eigenvalue weighted by Crippen LogP contribution is -2.45. The first-order valence-electron chi connectivity index (χ1n) is 5.58. The number of rotatable bonds is 2. The van der Waals surface area contributed by atoms with Crippen LogP contribution in [-0.2, 0) is 15.7 Å². The standard InChI is InChI=1S/C11H13ClN2O4S2/c1-6-11(16,14(2)10(15)19-6)7-3-4-8(12)9(5-7)20(13,17)18/h3-6,16H,1-2H3,(H2,13,17,18). The summed E-state index contributed by atoms with van der Waals surface area (Å²) in [7, 11) is -2.57. The quantitative estimate of drug-likeness (QED) is 0.848. The maximum absolute atomic E-state index is 11.7. The molecule has 3 N–H and O–H groups in total. The average molecular weight is 337 g/mol. The number of carbonyl (C=O) groups excluding carboxylic acids is 1. The Balaban J connectivity index is 2.62. The summed E-state index contributed by atoms with van der Waals surface area (Å²) in [6, 6.07) is 4.01. The van der Waals surface area contributed by atoms with E-state index < -0.39 is 21.0 Å². The smallest absolute Gasteiger partial charge is 0.284 e. The lowest BCUT2D eigenvalue weighted by molar-refractivity contribution is -0.0622. The summed E-state index contributed by atoms with van der Waals surface area (Å²) < 4.78 is 23.0. The zero-order valence-corrected chi connectivity index (χ0v) is 13.1. The van der Waals surface area contributed by atoms with E-state index in [0.717, 1.165) is 11.8 Å². The zero-order valence-electron chi connectivity index (χ0n) is 10.7. The molecule has 0 bridgehead atoms. The number of thioether (sulfide) groups is 1. The summed E-state index contributed by atoms with van der Waals surface area (Å²) in [6.07, 6.45) is 0. The number of aliphatic hydroxyl groups is 1. The molecule has 6 nitrogen and oxygen atoms in total. The molecule has 20 heavy (non-hydrogen) atoms. The van der Waals surface area contributed by atoms with Gasteiger partial charge in [-0.25, -0.2) is 13.6 Å². The molecule has 9 heteroatoms. The number of amides is 1. The molecule has 1 heterocycles. The molecule has 2 unspecified atom stereocenters. The molecule has 1 aliphatic rings. The first kappa shape index (κ1) is 15.6. The molecule has 1 aliphatic heterocycles. The van der Waals surface area contributed by atoms with Crippen LogP contribution in [-0.4, -0.2) is 36.0 Å². The van der Waals surface area contributed by atoms with E-state index in [1.807, 2.05) is 0 Å².